The molecule has 0 N–H and O–H groups in total. The molecule has 0 unspecified atom stereocenters. The van der Waals surface area contributed by atoms with Gasteiger partial charge in [0.2, 0.25) is 0 Å². The smallest absolute Gasteiger partial charge is 0.165 e. The fourth-order valence-corrected chi connectivity index (χ4v) is 1.20. The lowest BCUT2D eigenvalue weighted by Gasteiger charge is -2.21. The summed E-state index contributed by atoms with van der Waals surface area (Å²) in [5.74, 6) is -0.376. The molecule has 1 aromatic rings. The molecule has 0 saturated carbocycles. The maximum atomic E-state index is 12.6. The molecule has 82 valence electrons. The molecule has 0 fully saturated rings. The van der Waals surface area contributed by atoms with E-state index >= 15 is 0 Å². The molecule has 0 radical (unpaired) electrons. The lowest BCUT2D eigenvalue weighted by atomic mass is 9.97. The van der Waals surface area contributed by atoms with Gasteiger partial charge in [-0.2, -0.15) is 0 Å². The lowest BCUT2D eigenvalue weighted by Crippen LogP contribution is -2.26. The topological polar surface area (TPSA) is 26.3 Å². The number of Topliss-reactive ketones (excluding diaryl/α,β-unsaturated/α-hetero) is 1. The Bertz CT molecular complexity index is 341. The standard InChI is InChI=1S/C12H15FO2/c1-12(2,15-3)8-11(14)9-4-6-10(13)7-5-9/h4-7H,8H2,1-3H3. The molecule has 2 nitrogen and oxygen atoms in total. The summed E-state index contributed by atoms with van der Waals surface area (Å²) in [5, 5.41) is 0. The highest BCUT2D eigenvalue weighted by molar-refractivity contribution is 5.96. The van der Waals surface area contributed by atoms with Crippen molar-refractivity contribution in [3.05, 3.63) is 35.6 Å². The fourth-order valence-electron chi connectivity index (χ4n) is 1.20. The zero-order chi connectivity index (χ0) is 11.5. The Morgan fingerprint density at radius 3 is 2.33 bits per heavy atom. The van der Waals surface area contributed by atoms with Gasteiger partial charge in [-0.3, -0.25) is 4.79 Å². The summed E-state index contributed by atoms with van der Waals surface area (Å²) in [7, 11) is 1.57. The van der Waals surface area contributed by atoms with Crippen molar-refractivity contribution >= 4 is 5.78 Å². The van der Waals surface area contributed by atoms with Crippen LogP contribution in [-0.2, 0) is 4.74 Å². The molecule has 0 aromatic heterocycles. The van der Waals surface area contributed by atoms with Crippen LogP contribution in [0.3, 0.4) is 0 Å². The van der Waals surface area contributed by atoms with Gasteiger partial charge in [0.05, 0.1) is 5.60 Å². The number of ketones is 1. The number of methoxy groups -OCH3 is 1. The molecular formula is C12H15FO2. The molecule has 1 rings (SSSR count). The number of hydrogen-bond donors (Lipinski definition) is 0. The molecule has 0 saturated heterocycles. The van der Waals surface area contributed by atoms with Crippen molar-refractivity contribution in [1.29, 1.82) is 0 Å². The van der Waals surface area contributed by atoms with E-state index in [1.54, 1.807) is 7.11 Å². The van der Waals surface area contributed by atoms with Gasteiger partial charge in [-0.15, -0.1) is 0 Å². The van der Waals surface area contributed by atoms with Crippen molar-refractivity contribution in [3.8, 4) is 0 Å². The van der Waals surface area contributed by atoms with E-state index in [9.17, 15) is 9.18 Å². The minimum Gasteiger partial charge on any atom is -0.378 e. The second-order valence-electron chi connectivity index (χ2n) is 4.07. The Kier molecular flexibility index (Phi) is 3.58. The molecule has 0 heterocycles. The first-order chi connectivity index (χ1) is 6.94. The van der Waals surface area contributed by atoms with Crippen LogP contribution in [0, 0.1) is 5.82 Å². The highest BCUT2D eigenvalue weighted by Crippen LogP contribution is 2.17. The van der Waals surface area contributed by atoms with Crippen molar-refractivity contribution in [2.24, 2.45) is 0 Å². The molecule has 0 aliphatic heterocycles. The van der Waals surface area contributed by atoms with E-state index < -0.39 is 5.60 Å². The van der Waals surface area contributed by atoms with Gasteiger partial charge >= 0.3 is 0 Å². The summed E-state index contributed by atoms with van der Waals surface area (Å²) < 4.78 is 17.8. The second kappa shape index (κ2) is 4.53. The molecule has 0 spiro atoms. The van der Waals surface area contributed by atoms with E-state index in [-0.39, 0.29) is 18.0 Å². The average molecular weight is 210 g/mol. The van der Waals surface area contributed by atoms with Crippen LogP contribution in [0.2, 0.25) is 0 Å². The van der Waals surface area contributed by atoms with Gasteiger partial charge < -0.3 is 4.74 Å². The van der Waals surface area contributed by atoms with Gasteiger partial charge in [0, 0.05) is 19.1 Å². The molecule has 15 heavy (non-hydrogen) atoms. The highest BCUT2D eigenvalue weighted by atomic mass is 19.1. The minimum absolute atomic E-state index is 0.0400. The van der Waals surface area contributed by atoms with E-state index in [0.29, 0.717) is 5.56 Å². The molecule has 3 heteroatoms. The molecule has 0 bridgehead atoms. The predicted octanol–water partition coefficient (Wildman–Crippen LogP) is 2.82. The maximum absolute atomic E-state index is 12.6. The zero-order valence-corrected chi connectivity index (χ0v) is 9.21. The number of carbonyl (C=O) groups is 1. The van der Waals surface area contributed by atoms with Crippen LogP contribution in [-0.4, -0.2) is 18.5 Å². The van der Waals surface area contributed by atoms with Crippen molar-refractivity contribution in [2.75, 3.05) is 7.11 Å². The third-order valence-corrected chi connectivity index (χ3v) is 2.31. The summed E-state index contributed by atoms with van der Waals surface area (Å²) in [6, 6.07) is 5.55. The van der Waals surface area contributed by atoms with Crippen LogP contribution in [0.4, 0.5) is 4.39 Å². The number of rotatable bonds is 4. The first-order valence-corrected chi connectivity index (χ1v) is 4.78. The van der Waals surface area contributed by atoms with Gasteiger partial charge in [0.25, 0.3) is 0 Å². The van der Waals surface area contributed by atoms with Gasteiger partial charge in [-0.1, -0.05) is 0 Å². The summed E-state index contributed by atoms with van der Waals surface area (Å²) >= 11 is 0. The number of halogens is 1. The Morgan fingerprint density at radius 1 is 1.33 bits per heavy atom. The zero-order valence-electron chi connectivity index (χ0n) is 9.21. The normalized spacial score (nSPS) is 11.5. The Hall–Kier alpha value is -1.22. The average Bonchev–Trinajstić information content (AvgIpc) is 2.18. The van der Waals surface area contributed by atoms with Crippen molar-refractivity contribution in [1.82, 2.24) is 0 Å². The first kappa shape index (κ1) is 11.9. The van der Waals surface area contributed by atoms with Crippen LogP contribution in [0.5, 0.6) is 0 Å². The van der Waals surface area contributed by atoms with Gasteiger partial charge in [-0.25, -0.2) is 4.39 Å². The van der Waals surface area contributed by atoms with Crippen LogP contribution in [0.1, 0.15) is 30.6 Å². The van der Waals surface area contributed by atoms with Gasteiger partial charge in [-0.05, 0) is 38.1 Å². The van der Waals surface area contributed by atoms with Crippen LogP contribution < -0.4 is 0 Å². The Labute approximate surface area is 89.1 Å². The third-order valence-electron chi connectivity index (χ3n) is 2.31. The second-order valence-corrected chi connectivity index (χ2v) is 4.07. The number of carbonyl (C=O) groups excluding carboxylic acids is 1. The minimum atomic E-state index is -0.481. The maximum Gasteiger partial charge on any atom is 0.165 e. The molecule has 0 aliphatic rings. The summed E-state index contributed by atoms with van der Waals surface area (Å²) in [4.78, 5) is 11.7. The van der Waals surface area contributed by atoms with E-state index in [4.69, 9.17) is 4.74 Å². The largest absolute Gasteiger partial charge is 0.378 e. The van der Waals surface area contributed by atoms with Crippen molar-refractivity contribution < 1.29 is 13.9 Å². The van der Waals surface area contributed by atoms with Crippen molar-refractivity contribution in [3.63, 3.8) is 0 Å². The molecule has 0 atom stereocenters. The van der Waals surface area contributed by atoms with Crippen molar-refractivity contribution in [2.45, 2.75) is 25.9 Å². The van der Waals surface area contributed by atoms with Crippen LogP contribution >= 0.6 is 0 Å². The molecule has 1 aromatic carbocycles. The number of benzene rings is 1. The van der Waals surface area contributed by atoms with Gasteiger partial charge in [0.1, 0.15) is 5.82 Å². The SMILES string of the molecule is COC(C)(C)CC(=O)c1ccc(F)cc1. The van der Waals surface area contributed by atoms with Crippen LogP contribution in [0.25, 0.3) is 0 Å². The summed E-state index contributed by atoms with van der Waals surface area (Å²) in [6.07, 6.45) is 0.287. The molecule has 0 aliphatic carbocycles. The van der Waals surface area contributed by atoms with E-state index in [2.05, 4.69) is 0 Å². The summed E-state index contributed by atoms with van der Waals surface area (Å²) in [6.45, 7) is 3.68. The summed E-state index contributed by atoms with van der Waals surface area (Å²) in [5.41, 5.74) is 0.0346. The van der Waals surface area contributed by atoms with E-state index in [1.165, 1.54) is 24.3 Å². The van der Waals surface area contributed by atoms with Gasteiger partial charge in [0.15, 0.2) is 5.78 Å². The Morgan fingerprint density at radius 2 is 1.87 bits per heavy atom. The molecular weight excluding hydrogens is 195 g/mol. The highest BCUT2D eigenvalue weighted by Gasteiger charge is 2.21. The van der Waals surface area contributed by atoms with E-state index in [0.717, 1.165) is 0 Å². The predicted molar refractivity (Wildman–Crippen MR) is 56.4 cm³/mol. The van der Waals surface area contributed by atoms with Crippen LogP contribution in [0.15, 0.2) is 24.3 Å². The Balaban J connectivity index is 2.74. The number of hydrogen-bond acceptors (Lipinski definition) is 2. The molecule has 0 amide bonds. The quantitative estimate of drug-likeness (QED) is 0.714. The van der Waals surface area contributed by atoms with E-state index in [1.807, 2.05) is 13.8 Å². The fraction of sp³-hybridized carbons (Fsp3) is 0.417. The third kappa shape index (κ3) is 3.44. The lowest BCUT2D eigenvalue weighted by molar-refractivity contribution is 0.0172. The monoisotopic (exact) mass is 210 g/mol. The number of ether oxygens (including phenoxy) is 1. The first-order valence-electron chi connectivity index (χ1n) is 4.78.